The zero-order valence-electron chi connectivity index (χ0n) is 14.0. The van der Waals surface area contributed by atoms with E-state index in [4.69, 9.17) is 4.18 Å². The summed E-state index contributed by atoms with van der Waals surface area (Å²) < 4.78 is 29.0. The summed E-state index contributed by atoms with van der Waals surface area (Å²) in [5.41, 5.74) is 1.02. The second-order valence-electron chi connectivity index (χ2n) is 5.87. The second-order valence-corrected chi connectivity index (χ2v) is 7.49. The van der Waals surface area contributed by atoms with Crippen molar-refractivity contribution in [2.75, 3.05) is 6.61 Å². The fourth-order valence-corrected chi connectivity index (χ4v) is 3.27. The summed E-state index contributed by atoms with van der Waals surface area (Å²) >= 11 is 0. The highest BCUT2D eigenvalue weighted by Gasteiger charge is 2.14. The van der Waals surface area contributed by atoms with Crippen LogP contribution >= 0.6 is 0 Å². The van der Waals surface area contributed by atoms with Gasteiger partial charge >= 0.3 is 0 Å². The highest BCUT2D eigenvalue weighted by molar-refractivity contribution is 7.86. The number of unbranched alkanes of at least 4 members (excludes halogenated alkanes) is 8. The van der Waals surface area contributed by atoms with E-state index in [2.05, 4.69) is 0 Å². The van der Waals surface area contributed by atoms with E-state index in [0.29, 0.717) is 6.42 Å². The molecule has 5 heteroatoms. The van der Waals surface area contributed by atoms with Crippen LogP contribution in [0.15, 0.2) is 29.2 Å². The Hall–Kier alpha value is -1.20. The minimum atomic E-state index is -3.62. The molecule has 0 spiro atoms. The Balaban J connectivity index is 2.06. The minimum absolute atomic E-state index is 0.221. The molecule has 0 radical (unpaired) electrons. The highest BCUT2D eigenvalue weighted by atomic mass is 32.2. The molecule has 1 aromatic rings. The molecule has 0 N–H and O–H groups in total. The SMILES string of the molecule is Cc1ccc(S(=O)(=O)OCCCCCCCCCCC=O)cc1. The van der Waals surface area contributed by atoms with E-state index in [1.54, 1.807) is 24.3 Å². The van der Waals surface area contributed by atoms with E-state index in [1.165, 1.54) is 12.8 Å². The van der Waals surface area contributed by atoms with Crippen LogP contribution < -0.4 is 0 Å². The average Bonchev–Trinajstić information content (AvgIpc) is 2.53. The maximum Gasteiger partial charge on any atom is 0.296 e. The Bertz CT molecular complexity index is 535. The molecular weight excluding hydrogens is 312 g/mol. The Labute approximate surface area is 140 Å². The third-order valence-electron chi connectivity index (χ3n) is 3.76. The molecule has 0 aliphatic heterocycles. The Kier molecular flexibility index (Phi) is 9.80. The third kappa shape index (κ3) is 8.86. The fraction of sp³-hybridized carbons (Fsp3) is 0.611. The number of aldehydes is 1. The Morgan fingerprint density at radius 1 is 0.870 bits per heavy atom. The van der Waals surface area contributed by atoms with Gasteiger partial charge in [-0.1, -0.05) is 56.2 Å². The van der Waals surface area contributed by atoms with Crippen molar-refractivity contribution in [1.29, 1.82) is 0 Å². The molecule has 0 unspecified atom stereocenters. The van der Waals surface area contributed by atoms with Gasteiger partial charge in [0.25, 0.3) is 10.1 Å². The van der Waals surface area contributed by atoms with Crippen LogP contribution in [0, 0.1) is 6.92 Å². The fourth-order valence-electron chi connectivity index (χ4n) is 2.33. The topological polar surface area (TPSA) is 60.4 Å². The van der Waals surface area contributed by atoms with Crippen molar-refractivity contribution in [3.05, 3.63) is 29.8 Å². The van der Waals surface area contributed by atoms with Gasteiger partial charge in [0.15, 0.2) is 0 Å². The monoisotopic (exact) mass is 340 g/mol. The minimum Gasteiger partial charge on any atom is -0.303 e. The van der Waals surface area contributed by atoms with Gasteiger partial charge < -0.3 is 4.79 Å². The van der Waals surface area contributed by atoms with Crippen LogP contribution in [0.2, 0.25) is 0 Å². The first-order valence-corrected chi connectivity index (χ1v) is 9.87. The van der Waals surface area contributed by atoms with E-state index in [-0.39, 0.29) is 11.5 Å². The van der Waals surface area contributed by atoms with Gasteiger partial charge in [-0.15, -0.1) is 0 Å². The van der Waals surface area contributed by atoms with E-state index in [1.807, 2.05) is 6.92 Å². The first-order chi connectivity index (χ1) is 11.1. The van der Waals surface area contributed by atoms with E-state index < -0.39 is 10.1 Å². The molecule has 1 aromatic carbocycles. The predicted molar refractivity (Wildman–Crippen MR) is 91.9 cm³/mol. The van der Waals surface area contributed by atoms with Crippen molar-refractivity contribution in [2.45, 2.75) is 69.6 Å². The van der Waals surface area contributed by atoms with E-state index in [9.17, 15) is 13.2 Å². The number of carbonyl (C=O) groups excluding carboxylic acids is 1. The second kappa shape index (κ2) is 11.4. The van der Waals surface area contributed by atoms with Crippen molar-refractivity contribution in [2.24, 2.45) is 0 Å². The predicted octanol–water partition coefficient (Wildman–Crippen LogP) is 4.41. The third-order valence-corrected chi connectivity index (χ3v) is 5.09. The molecule has 0 aromatic heterocycles. The molecule has 0 heterocycles. The molecular formula is C18H28O4S. The summed E-state index contributed by atoms with van der Waals surface area (Å²) in [6.45, 7) is 2.16. The Morgan fingerprint density at radius 3 is 1.96 bits per heavy atom. The number of benzene rings is 1. The summed E-state index contributed by atoms with van der Waals surface area (Å²) in [4.78, 5) is 10.4. The van der Waals surface area contributed by atoms with Crippen molar-refractivity contribution >= 4 is 16.4 Å². The number of hydrogen-bond acceptors (Lipinski definition) is 4. The molecule has 0 amide bonds. The normalized spacial score (nSPS) is 11.5. The summed E-state index contributed by atoms with van der Waals surface area (Å²) in [5.74, 6) is 0. The van der Waals surface area contributed by atoms with Crippen LogP contribution in [0.3, 0.4) is 0 Å². The average molecular weight is 340 g/mol. The van der Waals surface area contributed by atoms with Gasteiger partial charge in [-0.2, -0.15) is 8.42 Å². The van der Waals surface area contributed by atoms with Crippen LogP contribution in [0.1, 0.15) is 63.4 Å². The van der Waals surface area contributed by atoms with Crippen LogP contribution in [0.4, 0.5) is 0 Å². The molecule has 23 heavy (non-hydrogen) atoms. The summed E-state index contributed by atoms with van der Waals surface area (Å²) in [7, 11) is -3.62. The molecule has 0 fully saturated rings. The molecule has 0 saturated carbocycles. The van der Waals surface area contributed by atoms with Gasteiger partial charge in [-0.25, -0.2) is 0 Å². The van der Waals surface area contributed by atoms with Crippen LogP contribution in [0.5, 0.6) is 0 Å². The van der Waals surface area contributed by atoms with Crippen molar-refractivity contribution in [3.8, 4) is 0 Å². The first kappa shape index (κ1) is 19.8. The Morgan fingerprint density at radius 2 is 1.39 bits per heavy atom. The number of aryl methyl sites for hydroxylation is 1. The molecule has 0 atom stereocenters. The lowest BCUT2D eigenvalue weighted by Crippen LogP contribution is -2.07. The maximum absolute atomic E-state index is 12.0. The smallest absolute Gasteiger partial charge is 0.296 e. The van der Waals surface area contributed by atoms with Gasteiger partial charge in [0, 0.05) is 6.42 Å². The van der Waals surface area contributed by atoms with Gasteiger partial charge in [-0.05, 0) is 31.9 Å². The van der Waals surface area contributed by atoms with Crippen molar-refractivity contribution < 1.29 is 17.4 Å². The van der Waals surface area contributed by atoms with Gasteiger partial charge in [0.05, 0.1) is 11.5 Å². The maximum atomic E-state index is 12.0. The quantitative estimate of drug-likeness (QED) is 0.303. The van der Waals surface area contributed by atoms with Gasteiger partial charge in [0.2, 0.25) is 0 Å². The van der Waals surface area contributed by atoms with E-state index >= 15 is 0 Å². The van der Waals surface area contributed by atoms with E-state index in [0.717, 1.165) is 50.4 Å². The summed E-state index contributed by atoms with van der Waals surface area (Å²) in [5, 5.41) is 0. The zero-order chi connectivity index (χ0) is 17.0. The molecule has 0 saturated heterocycles. The van der Waals surface area contributed by atoms with Crippen LogP contribution in [-0.4, -0.2) is 21.3 Å². The number of rotatable bonds is 13. The number of hydrogen-bond donors (Lipinski definition) is 0. The standard InChI is InChI=1S/C18H28O4S/c1-17-11-13-18(14-12-17)23(20,21)22-16-10-8-6-4-2-3-5-7-9-15-19/h11-15H,2-10,16H2,1H3. The largest absolute Gasteiger partial charge is 0.303 e. The molecule has 0 bridgehead atoms. The number of carbonyl (C=O) groups is 1. The molecule has 0 aliphatic carbocycles. The first-order valence-electron chi connectivity index (χ1n) is 8.46. The van der Waals surface area contributed by atoms with Crippen molar-refractivity contribution in [1.82, 2.24) is 0 Å². The molecule has 1 rings (SSSR count). The van der Waals surface area contributed by atoms with Crippen LogP contribution in [0.25, 0.3) is 0 Å². The van der Waals surface area contributed by atoms with Gasteiger partial charge in [-0.3, -0.25) is 4.18 Å². The summed E-state index contributed by atoms with van der Waals surface area (Å²) in [6, 6.07) is 6.70. The lowest BCUT2D eigenvalue weighted by molar-refractivity contribution is -0.107. The molecule has 130 valence electrons. The van der Waals surface area contributed by atoms with Crippen molar-refractivity contribution in [3.63, 3.8) is 0 Å². The molecule has 4 nitrogen and oxygen atoms in total. The molecule has 0 aliphatic rings. The van der Waals surface area contributed by atoms with Gasteiger partial charge in [0.1, 0.15) is 6.29 Å². The highest BCUT2D eigenvalue weighted by Crippen LogP contribution is 2.14. The summed E-state index contributed by atoms with van der Waals surface area (Å²) in [6.07, 6.45) is 10.1. The lowest BCUT2D eigenvalue weighted by Gasteiger charge is -2.06. The zero-order valence-corrected chi connectivity index (χ0v) is 14.8. The van der Waals surface area contributed by atoms with Crippen LogP contribution in [-0.2, 0) is 19.1 Å². The lowest BCUT2D eigenvalue weighted by atomic mass is 10.1.